The number of aliphatic imine (C=N–C) groups is 1. The molecule has 29 heavy (non-hydrogen) atoms. The third kappa shape index (κ3) is 4.64. The van der Waals surface area contributed by atoms with Crippen LogP contribution in [0, 0.1) is 23.7 Å². The molecule has 0 saturated heterocycles. The highest BCUT2D eigenvalue weighted by atomic mass is 16.3. The molecule has 0 aliphatic heterocycles. The lowest BCUT2D eigenvalue weighted by Crippen LogP contribution is -2.48. The fraction of sp³-hybridized carbons (Fsp3) is 0.870. The summed E-state index contributed by atoms with van der Waals surface area (Å²) in [7, 11) is 1.61. The van der Waals surface area contributed by atoms with E-state index in [4.69, 9.17) is 5.73 Å². The molecule has 0 bridgehead atoms. The third-order valence-electron chi connectivity index (χ3n) is 8.24. The second kappa shape index (κ2) is 8.94. The van der Waals surface area contributed by atoms with E-state index in [0.29, 0.717) is 43.6 Å². The number of aliphatic hydroxyl groups is 3. The highest BCUT2D eigenvalue weighted by Crippen LogP contribution is 2.55. The summed E-state index contributed by atoms with van der Waals surface area (Å²) in [5.41, 5.74) is 4.92. The molecule has 0 aromatic rings. The summed E-state index contributed by atoms with van der Waals surface area (Å²) in [5, 5.41) is 36.7. The van der Waals surface area contributed by atoms with Crippen LogP contribution in [0.2, 0.25) is 0 Å². The molecule has 3 aliphatic carbocycles. The Hall–Kier alpha value is -1.11. The van der Waals surface area contributed by atoms with E-state index in [0.717, 1.165) is 12.8 Å². The molecule has 6 atom stereocenters. The van der Waals surface area contributed by atoms with E-state index in [1.807, 2.05) is 6.92 Å². The van der Waals surface area contributed by atoms with Gasteiger partial charge >= 0.3 is 0 Å². The minimum atomic E-state index is -1.23. The van der Waals surface area contributed by atoms with E-state index < -0.39 is 17.3 Å². The zero-order valence-corrected chi connectivity index (χ0v) is 18.2. The predicted molar refractivity (Wildman–Crippen MR) is 116 cm³/mol. The number of allylic oxidation sites excluding steroid dienone is 1. The number of nitrogens with two attached hydrogens (primary N) is 1. The van der Waals surface area contributed by atoms with Gasteiger partial charge in [0.1, 0.15) is 0 Å². The number of hydrogen-bond acceptors (Lipinski definition) is 4. The van der Waals surface area contributed by atoms with Crippen molar-refractivity contribution >= 4 is 5.96 Å². The van der Waals surface area contributed by atoms with Crippen molar-refractivity contribution in [1.82, 2.24) is 5.32 Å². The van der Waals surface area contributed by atoms with Crippen molar-refractivity contribution in [3.8, 4) is 0 Å². The maximum atomic E-state index is 11.6. The summed E-state index contributed by atoms with van der Waals surface area (Å²) >= 11 is 0. The van der Waals surface area contributed by atoms with Gasteiger partial charge in [-0.15, -0.1) is 0 Å². The molecule has 0 radical (unpaired) electrons. The van der Waals surface area contributed by atoms with Gasteiger partial charge in [0.15, 0.2) is 5.96 Å². The smallest absolute Gasteiger partial charge is 0.188 e. The standard InChI is InChI=1S/C23H41N3O3/c1-15(16-7-5-4-6-8-16)17-9-10-22(2,28)18-14-20(27)23(29,19(18)13-17)11-12-26-21(24)25-3/h16-20,27-29H,1,4-14H2,2-3H3,(H3,24,25,26). The number of hydrogen-bond donors (Lipinski definition) is 5. The molecule has 0 heterocycles. The first-order valence-corrected chi connectivity index (χ1v) is 11.5. The normalized spacial score (nSPS) is 41.6. The average Bonchev–Trinajstić information content (AvgIpc) is 2.87. The molecule has 3 aliphatic rings. The Morgan fingerprint density at radius 3 is 2.45 bits per heavy atom. The lowest BCUT2D eigenvalue weighted by Gasteiger charge is -2.38. The van der Waals surface area contributed by atoms with Gasteiger partial charge in [-0.05, 0) is 75.5 Å². The van der Waals surface area contributed by atoms with Crippen LogP contribution in [0.25, 0.3) is 0 Å². The molecule has 0 spiro atoms. The maximum absolute atomic E-state index is 11.6. The lowest BCUT2D eigenvalue weighted by molar-refractivity contribution is -0.0998. The largest absolute Gasteiger partial charge is 0.390 e. The SMILES string of the molecule is C=C(C1CCCCC1)C1CCC(C)(O)C2CC(O)C(O)(CCNC(N)=NC)C2C1. The predicted octanol–water partition coefficient (Wildman–Crippen LogP) is 2.33. The minimum absolute atomic E-state index is 0.108. The molecule has 6 nitrogen and oxygen atoms in total. The summed E-state index contributed by atoms with van der Waals surface area (Å²) in [6.45, 7) is 6.82. The average molecular weight is 408 g/mol. The van der Waals surface area contributed by atoms with Gasteiger partial charge in [-0.25, -0.2) is 0 Å². The summed E-state index contributed by atoms with van der Waals surface area (Å²) in [6.07, 6.45) is 8.67. The molecule has 3 fully saturated rings. The summed E-state index contributed by atoms with van der Waals surface area (Å²) < 4.78 is 0. The van der Waals surface area contributed by atoms with E-state index in [-0.39, 0.29) is 11.8 Å². The van der Waals surface area contributed by atoms with Crippen LogP contribution in [0.1, 0.15) is 71.1 Å². The van der Waals surface area contributed by atoms with Gasteiger partial charge in [0.2, 0.25) is 0 Å². The lowest BCUT2D eigenvalue weighted by atomic mass is 9.71. The molecule has 0 aromatic carbocycles. The topological polar surface area (TPSA) is 111 Å². The fourth-order valence-electron chi connectivity index (χ4n) is 6.30. The first-order chi connectivity index (χ1) is 13.7. The Morgan fingerprint density at radius 2 is 1.79 bits per heavy atom. The Morgan fingerprint density at radius 1 is 1.10 bits per heavy atom. The molecule has 166 valence electrons. The van der Waals surface area contributed by atoms with E-state index >= 15 is 0 Å². The van der Waals surface area contributed by atoms with Crippen LogP contribution >= 0.6 is 0 Å². The zero-order chi connectivity index (χ0) is 21.2. The van der Waals surface area contributed by atoms with E-state index in [1.165, 1.54) is 37.7 Å². The highest BCUT2D eigenvalue weighted by Gasteiger charge is 2.59. The Labute approximate surface area is 175 Å². The fourth-order valence-corrected chi connectivity index (χ4v) is 6.30. The van der Waals surface area contributed by atoms with Gasteiger partial charge in [-0.3, -0.25) is 4.99 Å². The van der Waals surface area contributed by atoms with Crippen molar-refractivity contribution in [2.75, 3.05) is 13.6 Å². The molecular weight excluding hydrogens is 366 g/mol. The van der Waals surface area contributed by atoms with Crippen LogP contribution in [0.15, 0.2) is 17.1 Å². The van der Waals surface area contributed by atoms with Gasteiger partial charge < -0.3 is 26.4 Å². The molecule has 6 unspecified atom stereocenters. The molecule has 3 saturated carbocycles. The molecule has 0 amide bonds. The van der Waals surface area contributed by atoms with Gasteiger partial charge in [-0.1, -0.05) is 31.4 Å². The monoisotopic (exact) mass is 407 g/mol. The maximum Gasteiger partial charge on any atom is 0.188 e. The van der Waals surface area contributed by atoms with Crippen LogP contribution in [0.4, 0.5) is 0 Å². The van der Waals surface area contributed by atoms with Gasteiger partial charge in [0, 0.05) is 13.6 Å². The van der Waals surface area contributed by atoms with Crippen molar-refractivity contribution in [2.24, 2.45) is 34.4 Å². The quantitative estimate of drug-likeness (QED) is 0.273. The summed E-state index contributed by atoms with van der Waals surface area (Å²) in [4.78, 5) is 3.89. The van der Waals surface area contributed by atoms with E-state index in [9.17, 15) is 15.3 Å². The van der Waals surface area contributed by atoms with Crippen LogP contribution in [-0.4, -0.2) is 52.2 Å². The van der Waals surface area contributed by atoms with E-state index in [2.05, 4.69) is 16.9 Å². The van der Waals surface area contributed by atoms with E-state index in [1.54, 1.807) is 7.05 Å². The summed E-state index contributed by atoms with van der Waals surface area (Å²) in [6, 6.07) is 0. The highest BCUT2D eigenvalue weighted by molar-refractivity contribution is 5.77. The summed E-state index contributed by atoms with van der Waals surface area (Å²) in [5.74, 6) is 0.934. The molecule has 0 aromatic heterocycles. The zero-order valence-electron chi connectivity index (χ0n) is 18.2. The van der Waals surface area contributed by atoms with Crippen molar-refractivity contribution in [3.63, 3.8) is 0 Å². The van der Waals surface area contributed by atoms with Crippen molar-refractivity contribution in [1.29, 1.82) is 0 Å². The number of nitrogens with one attached hydrogen (secondary N) is 1. The Kier molecular flexibility index (Phi) is 6.96. The second-order valence-corrected chi connectivity index (χ2v) is 9.98. The van der Waals surface area contributed by atoms with Crippen molar-refractivity contribution in [3.05, 3.63) is 12.2 Å². The molecule has 6 N–H and O–H groups in total. The first kappa shape index (κ1) is 22.6. The first-order valence-electron chi connectivity index (χ1n) is 11.5. The number of aliphatic hydroxyl groups excluding tert-OH is 1. The Balaban J connectivity index is 1.79. The number of guanidine groups is 1. The van der Waals surface area contributed by atoms with Crippen LogP contribution in [0.3, 0.4) is 0 Å². The molecular formula is C23H41N3O3. The number of rotatable bonds is 5. The van der Waals surface area contributed by atoms with Crippen LogP contribution in [-0.2, 0) is 0 Å². The Bertz CT molecular complexity index is 614. The minimum Gasteiger partial charge on any atom is -0.390 e. The van der Waals surface area contributed by atoms with Gasteiger partial charge in [0.25, 0.3) is 0 Å². The van der Waals surface area contributed by atoms with Gasteiger partial charge in [0.05, 0.1) is 17.3 Å². The third-order valence-corrected chi connectivity index (χ3v) is 8.24. The van der Waals surface area contributed by atoms with Crippen molar-refractivity contribution in [2.45, 2.75) is 88.4 Å². The van der Waals surface area contributed by atoms with Crippen LogP contribution < -0.4 is 11.1 Å². The number of fused-ring (bicyclic) bond motifs is 1. The molecule has 6 heteroatoms. The molecule has 3 rings (SSSR count). The number of nitrogens with zero attached hydrogens (tertiary/aromatic N) is 1. The van der Waals surface area contributed by atoms with Gasteiger partial charge in [-0.2, -0.15) is 0 Å². The second-order valence-electron chi connectivity index (χ2n) is 9.98. The van der Waals surface area contributed by atoms with Crippen LogP contribution in [0.5, 0.6) is 0 Å². The van der Waals surface area contributed by atoms with Crippen molar-refractivity contribution < 1.29 is 15.3 Å².